The van der Waals surface area contributed by atoms with Gasteiger partial charge in [-0.05, 0) is 19.9 Å². The molecule has 2 heterocycles. The van der Waals surface area contributed by atoms with Crippen molar-refractivity contribution in [3.8, 4) is 0 Å². The summed E-state index contributed by atoms with van der Waals surface area (Å²) in [6.07, 6.45) is 0. The van der Waals surface area contributed by atoms with E-state index in [1.807, 2.05) is 19.9 Å². The Morgan fingerprint density at radius 2 is 2.17 bits per heavy atom. The van der Waals surface area contributed by atoms with E-state index < -0.39 is 0 Å². The number of pyridine rings is 1. The molecule has 0 aliphatic carbocycles. The Morgan fingerprint density at radius 1 is 1.42 bits per heavy atom. The van der Waals surface area contributed by atoms with E-state index in [4.69, 9.17) is 11.6 Å². The van der Waals surface area contributed by atoms with Gasteiger partial charge in [0, 0.05) is 11.4 Å². The van der Waals surface area contributed by atoms with Gasteiger partial charge < -0.3 is 0 Å². The van der Waals surface area contributed by atoms with Crippen LogP contribution in [-0.2, 0) is 0 Å². The smallest absolute Gasteiger partial charge is 0.140 e. The fourth-order valence-electron chi connectivity index (χ4n) is 1.25. The van der Waals surface area contributed by atoms with Crippen LogP contribution in [0.3, 0.4) is 0 Å². The molecule has 0 spiro atoms. The van der Waals surface area contributed by atoms with Crippen LogP contribution in [-0.4, -0.2) is 15.2 Å². The van der Waals surface area contributed by atoms with Crippen molar-refractivity contribution < 1.29 is 0 Å². The number of fused-ring (bicyclic) bond motifs is 1. The molecule has 0 atom stereocenters. The van der Waals surface area contributed by atoms with Crippen molar-refractivity contribution >= 4 is 22.5 Å². The normalized spacial score (nSPS) is 10.9. The zero-order chi connectivity index (χ0) is 8.72. The van der Waals surface area contributed by atoms with E-state index in [-0.39, 0.29) is 0 Å². The Morgan fingerprint density at radius 3 is 2.92 bits per heavy atom. The number of nitrogens with zero attached hydrogens (tertiary/aromatic N) is 2. The molecule has 3 nitrogen and oxygen atoms in total. The first-order chi connectivity index (χ1) is 5.68. The van der Waals surface area contributed by atoms with Crippen LogP contribution in [0.5, 0.6) is 0 Å². The number of H-pyrrole nitrogens is 1. The van der Waals surface area contributed by atoms with Crippen molar-refractivity contribution in [2.24, 2.45) is 0 Å². The van der Waals surface area contributed by atoms with Crippen LogP contribution >= 0.6 is 11.6 Å². The van der Waals surface area contributed by atoms with Gasteiger partial charge in [-0.2, -0.15) is 5.10 Å². The minimum absolute atomic E-state index is 0.524. The zero-order valence-electron chi connectivity index (χ0n) is 6.85. The molecule has 0 saturated carbocycles. The van der Waals surface area contributed by atoms with Crippen LogP contribution in [0, 0.1) is 13.8 Å². The van der Waals surface area contributed by atoms with Crippen molar-refractivity contribution in [3.63, 3.8) is 0 Å². The summed E-state index contributed by atoms with van der Waals surface area (Å²) in [7, 11) is 0. The first-order valence-corrected chi connectivity index (χ1v) is 4.04. The Labute approximate surface area is 74.8 Å². The van der Waals surface area contributed by atoms with E-state index in [1.54, 1.807) is 0 Å². The monoisotopic (exact) mass is 181 g/mol. The van der Waals surface area contributed by atoms with Crippen LogP contribution in [0.2, 0.25) is 5.15 Å². The number of rotatable bonds is 0. The molecule has 0 aliphatic rings. The summed E-state index contributed by atoms with van der Waals surface area (Å²) < 4.78 is 0. The lowest BCUT2D eigenvalue weighted by Gasteiger charge is -1.95. The third-order valence-corrected chi connectivity index (χ3v) is 2.08. The Bertz CT molecular complexity index is 433. The third-order valence-electron chi connectivity index (χ3n) is 1.80. The predicted octanol–water partition coefficient (Wildman–Crippen LogP) is 2.23. The highest BCUT2D eigenvalue weighted by molar-refractivity contribution is 6.34. The van der Waals surface area contributed by atoms with Gasteiger partial charge in [-0.25, -0.2) is 4.98 Å². The number of aromatic amines is 1. The maximum atomic E-state index is 5.94. The Hall–Kier alpha value is -1.09. The Kier molecular flexibility index (Phi) is 1.54. The summed E-state index contributed by atoms with van der Waals surface area (Å²) in [5.74, 6) is 0. The fourth-order valence-corrected chi connectivity index (χ4v) is 1.63. The summed E-state index contributed by atoms with van der Waals surface area (Å²) in [5, 5.41) is 8.40. The van der Waals surface area contributed by atoms with Crippen molar-refractivity contribution in [1.29, 1.82) is 0 Å². The Balaban J connectivity index is 2.93. The molecule has 0 radical (unpaired) electrons. The molecule has 0 aliphatic heterocycles. The molecule has 0 unspecified atom stereocenters. The first kappa shape index (κ1) is 7.55. The van der Waals surface area contributed by atoms with Gasteiger partial charge in [0.15, 0.2) is 0 Å². The lowest BCUT2D eigenvalue weighted by Crippen LogP contribution is -1.82. The van der Waals surface area contributed by atoms with Crippen molar-refractivity contribution in [2.45, 2.75) is 13.8 Å². The van der Waals surface area contributed by atoms with Crippen molar-refractivity contribution in [3.05, 3.63) is 22.6 Å². The molecular weight excluding hydrogens is 174 g/mol. The van der Waals surface area contributed by atoms with Crippen LogP contribution in [0.1, 0.15) is 11.4 Å². The first-order valence-electron chi connectivity index (χ1n) is 3.66. The maximum absolute atomic E-state index is 5.94. The largest absolute Gasteiger partial charge is 0.282 e. The molecule has 0 amide bonds. The molecular formula is C8H8ClN3. The molecule has 0 aromatic carbocycles. The van der Waals surface area contributed by atoms with E-state index in [1.165, 1.54) is 0 Å². The summed E-state index contributed by atoms with van der Waals surface area (Å²) in [6, 6.07) is 1.91. The summed E-state index contributed by atoms with van der Waals surface area (Å²) >= 11 is 5.94. The highest BCUT2D eigenvalue weighted by Crippen LogP contribution is 2.23. The van der Waals surface area contributed by atoms with Gasteiger partial charge in [-0.3, -0.25) is 5.10 Å². The molecule has 1 N–H and O–H groups in total. The zero-order valence-corrected chi connectivity index (χ0v) is 7.61. The van der Waals surface area contributed by atoms with Crippen LogP contribution in [0.25, 0.3) is 10.9 Å². The molecule has 4 heteroatoms. The molecule has 2 rings (SSSR count). The van der Waals surface area contributed by atoms with Gasteiger partial charge in [-0.15, -0.1) is 0 Å². The van der Waals surface area contributed by atoms with Crippen LogP contribution < -0.4 is 0 Å². The van der Waals surface area contributed by atoms with Crippen molar-refractivity contribution in [2.75, 3.05) is 0 Å². The average molecular weight is 182 g/mol. The highest BCUT2D eigenvalue weighted by Gasteiger charge is 2.06. The molecule has 0 bridgehead atoms. The topological polar surface area (TPSA) is 41.6 Å². The molecule has 2 aromatic heterocycles. The molecule has 0 fully saturated rings. The van der Waals surface area contributed by atoms with Gasteiger partial charge in [0.1, 0.15) is 5.15 Å². The SMILES string of the molecule is Cc1cc2n[nH]c(C)c2c(Cl)n1. The highest BCUT2D eigenvalue weighted by atomic mass is 35.5. The van der Waals surface area contributed by atoms with Gasteiger partial charge in [0.25, 0.3) is 0 Å². The van der Waals surface area contributed by atoms with Gasteiger partial charge >= 0.3 is 0 Å². The lowest BCUT2D eigenvalue weighted by molar-refractivity contribution is 1.07. The van der Waals surface area contributed by atoms with Crippen LogP contribution in [0.4, 0.5) is 0 Å². The number of aryl methyl sites for hydroxylation is 2. The minimum atomic E-state index is 0.524. The van der Waals surface area contributed by atoms with Gasteiger partial charge in [0.2, 0.25) is 0 Å². The summed E-state index contributed by atoms with van der Waals surface area (Å²) in [4.78, 5) is 4.14. The number of hydrogen-bond acceptors (Lipinski definition) is 2. The van der Waals surface area contributed by atoms with E-state index in [9.17, 15) is 0 Å². The minimum Gasteiger partial charge on any atom is -0.282 e. The molecule has 2 aromatic rings. The second kappa shape index (κ2) is 2.45. The van der Waals surface area contributed by atoms with Crippen molar-refractivity contribution in [1.82, 2.24) is 15.2 Å². The van der Waals surface area contributed by atoms with E-state index in [0.29, 0.717) is 5.15 Å². The standard InChI is InChI=1S/C8H8ClN3/c1-4-3-6-7(8(9)10-4)5(2)11-12-6/h3H,1-2H3,(H,11,12). The predicted molar refractivity (Wildman–Crippen MR) is 48.4 cm³/mol. The number of hydrogen-bond donors (Lipinski definition) is 1. The quantitative estimate of drug-likeness (QED) is 0.634. The number of nitrogens with one attached hydrogen (secondary N) is 1. The van der Waals surface area contributed by atoms with Gasteiger partial charge in [0.05, 0.1) is 10.9 Å². The summed E-state index contributed by atoms with van der Waals surface area (Å²) in [5.41, 5.74) is 2.73. The number of aromatic nitrogens is 3. The second-order valence-electron chi connectivity index (χ2n) is 2.80. The van der Waals surface area contributed by atoms with E-state index in [0.717, 1.165) is 22.3 Å². The average Bonchev–Trinajstić information content (AvgIpc) is 2.31. The van der Waals surface area contributed by atoms with Crippen LogP contribution in [0.15, 0.2) is 6.07 Å². The molecule has 0 saturated heterocycles. The molecule has 62 valence electrons. The van der Waals surface area contributed by atoms with E-state index in [2.05, 4.69) is 15.2 Å². The second-order valence-corrected chi connectivity index (χ2v) is 3.16. The lowest BCUT2D eigenvalue weighted by atomic mass is 10.2. The maximum Gasteiger partial charge on any atom is 0.140 e. The molecule has 12 heavy (non-hydrogen) atoms. The summed E-state index contributed by atoms with van der Waals surface area (Å²) in [6.45, 7) is 3.83. The van der Waals surface area contributed by atoms with Gasteiger partial charge in [-0.1, -0.05) is 11.6 Å². The fraction of sp³-hybridized carbons (Fsp3) is 0.250. The van der Waals surface area contributed by atoms with E-state index >= 15 is 0 Å². The number of halogens is 1. The third kappa shape index (κ3) is 0.975.